The highest BCUT2D eigenvalue weighted by atomic mass is 16.1. The predicted octanol–water partition coefficient (Wildman–Crippen LogP) is 4.10. The summed E-state index contributed by atoms with van der Waals surface area (Å²) in [5, 5.41) is 5.37. The van der Waals surface area contributed by atoms with Crippen LogP contribution in [0.25, 0.3) is 22.0 Å². The maximum absolute atomic E-state index is 12.8. The quantitative estimate of drug-likeness (QED) is 0.694. The Kier molecular flexibility index (Phi) is 5.11. The molecular formula is C21H24N2O. The van der Waals surface area contributed by atoms with Crippen LogP contribution in [0.1, 0.15) is 25.3 Å². The van der Waals surface area contributed by atoms with Gasteiger partial charge >= 0.3 is 0 Å². The third kappa shape index (κ3) is 3.13. The first-order valence-corrected chi connectivity index (χ1v) is 8.60. The van der Waals surface area contributed by atoms with Crippen molar-refractivity contribution in [3.05, 3.63) is 70.5 Å². The number of hydrogen-bond donors (Lipinski definition) is 1. The van der Waals surface area contributed by atoms with E-state index in [0.29, 0.717) is 0 Å². The van der Waals surface area contributed by atoms with E-state index >= 15 is 0 Å². The predicted molar refractivity (Wildman–Crippen MR) is 101 cm³/mol. The lowest BCUT2D eigenvalue weighted by atomic mass is 9.99. The SMILES string of the molecule is CCCCNCc1c(-c2ccccc2)n(C)c(=O)c2ccccc12. The van der Waals surface area contributed by atoms with Gasteiger partial charge < -0.3 is 9.88 Å². The molecule has 0 aliphatic carbocycles. The molecule has 0 atom stereocenters. The van der Waals surface area contributed by atoms with E-state index in [0.717, 1.165) is 41.5 Å². The number of nitrogens with one attached hydrogen (secondary N) is 1. The molecule has 3 aromatic rings. The summed E-state index contributed by atoms with van der Waals surface area (Å²) in [5.74, 6) is 0. The summed E-state index contributed by atoms with van der Waals surface area (Å²) in [6.07, 6.45) is 2.33. The Hall–Kier alpha value is -2.39. The fourth-order valence-corrected chi connectivity index (χ4v) is 3.20. The van der Waals surface area contributed by atoms with Crippen LogP contribution in [0.15, 0.2) is 59.4 Å². The molecule has 2 aromatic carbocycles. The lowest BCUT2D eigenvalue weighted by Crippen LogP contribution is -2.23. The van der Waals surface area contributed by atoms with E-state index in [1.807, 2.05) is 43.4 Å². The fraction of sp³-hybridized carbons (Fsp3) is 0.286. The molecule has 1 aromatic heterocycles. The monoisotopic (exact) mass is 320 g/mol. The van der Waals surface area contributed by atoms with Gasteiger partial charge in [0.2, 0.25) is 0 Å². The van der Waals surface area contributed by atoms with Crippen molar-refractivity contribution in [2.24, 2.45) is 7.05 Å². The van der Waals surface area contributed by atoms with E-state index in [2.05, 4.69) is 30.4 Å². The molecule has 3 rings (SSSR count). The summed E-state index contributed by atoms with van der Waals surface area (Å²) in [5.41, 5.74) is 3.33. The Morgan fingerprint density at radius 2 is 1.62 bits per heavy atom. The molecule has 0 bridgehead atoms. The molecule has 1 N–H and O–H groups in total. The Bertz CT molecular complexity index is 881. The van der Waals surface area contributed by atoms with Crippen LogP contribution in [0.2, 0.25) is 0 Å². The minimum absolute atomic E-state index is 0.0572. The summed E-state index contributed by atoms with van der Waals surface area (Å²) in [7, 11) is 1.87. The van der Waals surface area contributed by atoms with Crippen molar-refractivity contribution in [3.8, 4) is 11.3 Å². The average molecular weight is 320 g/mol. The van der Waals surface area contributed by atoms with Crippen molar-refractivity contribution in [2.75, 3.05) is 6.54 Å². The molecule has 0 saturated heterocycles. The van der Waals surface area contributed by atoms with Gasteiger partial charge in [0.25, 0.3) is 5.56 Å². The molecule has 0 amide bonds. The zero-order valence-corrected chi connectivity index (χ0v) is 14.4. The Labute approximate surface area is 143 Å². The van der Waals surface area contributed by atoms with Gasteiger partial charge in [-0.3, -0.25) is 4.79 Å². The van der Waals surface area contributed by atoms with E-state index in [4.69, 9.17) is 0 Å². The van der Waals surface area contributed by atoms with Gasteiger partial charge in [0.05, 0.1) is 5.69 Å². The molecule has 0 unspecified atom stereocenters. The molecule has 1 heterocycles. The molecule has 0 aliphatic heterocycles. The molecule has 0 aliphatic rings. The van der Waals surface area contributed by atoms with Crippen molar-refractivity contribution in [1.29, 1.82) is 0 Å². The number of hydrogen-bond acceptors (Lipinski definition) is 2. The van der Waals surface area contributed by atoms with Gasteiger partial charge in [-0.15, -0.1) is 0 Å². The highest BCUT2D eigenvalue weighted by Crippen LogP contribution is 2.27. The first-order valence-electron chi connectivity index (χ1n) is 8.60. The summed E-state index contributed by atoms with van der Waals surface area (Å²) in [4.78, 5) is 12.8. The van der Waals surface area contributed by atoms with Crippen LogP contribution < -0.4 is 10.9 Å². The maximum Gasteiger partial charge on any atom is 0.258 e. The van der Waals surface area contributed by atoms with E-state index in [9.17, 15) is 4.79 Å². The smallest absolute Gasteiger partial charge is 0.258 e. The minimum atomic E-state index is 0.0572. The van der Waals surface area contributed by atoms with Gasteiger partial charge in [-0.25, -0.2) is 0 Å². The van der Waals surface area contributed by atoms with E-state index < -0.39 is 0 Å². The molecule has 124 valence electrons. The Balaban J connectivity index is 2.20. The molecule has 0 fully saturated rings. The summed E-state index contributed by atoms with van der Waals surface area (Å²) < 4.78 is 1.79. The highest BCUT2D eigenvalue weighted by Gasteiger charge is 2.15. The standard InChI is InChI=1S/C21H24N2O/c1-3-4-14-22-15-19-17-12-8-9-13-18(17)21(24)23(2)20(19)16-10-6-5-7-11-16/h5-13,22H,3-4,14-15H2,1-2H3. The second-order valence-electron chi connectivity index (χ2n) is 6.13. The number of nitrogens with zero attached hydrogens (tertiary/aromatic N) is 1. The van der Waals surface area contributed by atoms with Gasteiger partial charge in [0.1, 0.15) is 0 Å². The molecular weight excluding hydrogens is 296 g/mol. The van der Waals surface area contributed by atoms with Crippen LogP contribution in [-0.2, 0) is 13.6 Å². The van der Waals surface area contributed by atoms with Crippen LogP contribution in [0.5, 0.6) is 0 Å². The molecule has 0 spiro atoms. The second-order valence-corrected chi connectivity index (χ2v) is 6.13. The number of pyridine rings is 1. The lowest BCUT2D eigenvalue weighted by molar-refractivity contribution is 0.641. The van der Waals surface area contributed by atoms with Gasteiger partial charge in [0, 0.05) is 19.0 Å². The van der Waals surface area contributed by atoms with Crippen LogP contribution in [0.3, 0.4) is 0 Å². The summed E-state index contributed by atoms with van der Waals surface area (Å²) in [6.45, 7) is 3.94. The normalized spacial score (nSPS) is 11.1. The van der Waals surface area contributed by atoms with Gasteiger partial charge in [-0.2, -0.15) is 0 Å². The van der Waals surface area contributed by atoms with Crippen molar-refractivity contribution in [1.82, 2.24) is 9.88 Å². The maximum atomic E-state index is 12.8. The van der Waals surface area contributed by atoms with Gasteiger partial charge in [-0.1, -0.05) is 61.9 Å². The first kappa shape index (κ1) is 16.5. The summed E-state index contributed by atoms with van der Waals surface area (Å²) >= 11 is 0. The zero-order chi connectivity index (χ0) is 16.9. The fourth-order valence-electron chi connectivity index (χ4n) is 3.20. The van der Waals surface area contributed by atoms with Crippen LogP contribution in [-0.4, -0.2) is 11.1 Å². The number of unbranched alkanes of at least 4 members (excludes halogenated alkanes) is 1. The van der Waals surface area contributed by atoms with Crippen molar-refractivity contribution >= 4 is 10.8 Å². The van der Waals surface area contributed by atoms with Crippen molar-refractivity contribution < 1.29 is 0 Å². The largest absolute Gasteiger partial charge is 0.313 e. The molecule has 3 heteroatoms. The van der Waals surface area contributed by atoms with E-state index in [-0.39, 0.29) is 5.56 Å². The molecule has 3 nitrogen and oxygen atoms in total. The number of fused-ring (bicyclic) bond motifs is 1. The molecule has 0 saturated carbocycles. The number of benzene rings is 2. The highest BCUT2D eigenvalue weighted by molar-refractivity contribution is 5.89. The second kappa shape index (κ2) is 7.45. The van der Waals surface area contributed by atoms with Crippen LogP contribution in [0, 0.1) is 0 Å². The van der Waals surface area contributed by atoms with Crippen molar-refractivity contribution in [3.63, 3.8) is 0 Å². The third-order valence-corrected chi connectivity index (χ3v) is 4.46. The zero-order valence-electron chi connectivity index (χ0n) is 14.4. The number of aromatic nitrogens is 1. The third-order valence-electron chi connectivity index (χ3n) is 4.46. The van der Waals surface area contributed by atoms with Gasteiger partial charge in [-0.05, 0) is 35.5 Å². The summed E-state index contributed by atoms with van der Waals surface area (Å²) in [6, 6.07) is 18.1. The Morgan fingerprint density at radius 1 is 0.958 bits per heavy atom. The average Bonchev–Trinajstić information content (AvgIpc) is 2.63. The van der Waals surface area contributed by atoms with E-state index in [1.165, 1.54) is 12.0 Å². The lowest BCUT2D eigenvalue weighted by Gasteiger charge is -2.18. The topological polar surface area (TPSA) is 34.0 Å². The minimum Gasteiger partial charge on any atom is -0.313 e. The first-order chi connectivity index (χ1) is 11.7. The van der Waals surface area contributed by atoms with Gasteiger partial charge in [0.15, 0.2) is 0 Å². The molecule has 0 radical (unpaired) electrons. The van der Waals surface area contributed by atoms with Crippen molar-refractivity contribution in [2.45, 2.75) is 26.3 Å². The number of rotatable bonds is 6. The Morgan fingerprint density at radius 3 is 2.33 bits per heavy atom. The van der Waals surface area contributed by atoms with Crippen LogP contribution >= 0.6 is 0 Å². The molecule has 24 heavy (non-hydrogen) atoms. The van der Waals surface area contributed by atoms with E-state index in [1.54, 1.807) is 4.57 Å². The van der Waals surface area contributed by atoms with Crippen LogP contribution in [0.4, 0.5) is 0 Å².